The quantitative estimate of drug-likeness (QED) is 0.482. The highest BCUT2D eigenvalue weighted by molar-refractivity contribution is 5.27. The van der Waals surface area contributed by atoms with Gasteiger partial charge in [0.15, 0.2) is 0 Å². The van der Waals surface area contributed by atoms with Crippen LogP contribution in [0.5, 0.6) is 5.75 Å². The molecule has 0 saturated heterocycles. The first-order valence-corrected chi connectivity index (χ1v) is 5.69. The zero-order valence-corrected chi connectivity index (χ0v) is 9.54. The second kappa shape index (κ2) is 7.10. The molecule has 1 nitrogen and oxygen atoms in total. The number of rotatable bonds is 7. The number of hydrogen-bond donors (Lipinski definition) is 0. The summed E-state index contributed by atoms with van der Waals surface area (Å²) in [6, 6.07) is 8.36. The summed E-state index contributed by atoms with van der Waals surface area (Å²) in [7, 11) is 0. The summed E-state index contributed by atoms with van der Waals surface area (Å²) in [5, 5.41) is 0. The summed E-state index contributed by atoms with van der Waals surface area (Å²) in [4.78, 5) is 0. The van der Waals surface area contributed by atoms with E-state index in [0.717, 1.165) is 31.6 Å². The van der Waals surface area contributed by atoms with Crippen molar-refractivity contribution in [1.29, 1.82) is 0 Å². The van der Waals surface area contributed by atoms with Crippen LogP contribution in [0.25, 0.3) is 0 Å². The average molecular weight is 204 g/mol. The van der Waals surface area contributed by atoms with Gasteiger partial charge in [0, 0.05) is 0 Å². The third-order valence-corrected chi connectivity index (χ3v) is 2.33. The number of aryl methyl sites for hydroxylation is 1. The van der Waals surface area contributed by atoms with E-state index in [2.05, 4.69) is 25.6 Å². The van der Waals surface area contributed by atoms with Crippen LogP contribution in [0.2, 0.25) is 0 Å². The van der Waals surface area contributed by atoms with Gasteiger partial charge in [-0.2, -0.15) is 0 Å². The second-order valence-electron chi connectivity index (χ2n) is 3.67. The fourth-order valence-corrected chi connectivity index (χ4v) is 1.36. The van der Waals surface area contributed by atoms with Crippen LogP contribution in [-0.4, -0.2) is 6.61 Å². The molecule has 0 amide bonds. The van der Waals surface area contributed by atoms with Crippen LogP contribution in [-0.2, 0) is 6.42 Å². The van der Waals surface area contributed by atoms with Gasteiger partial charge in [0.05, 0.1) is 6.61 Å². The minimum Gasteiger partial charge on any atom is -0.494 e. The van der Waals surface area contributed by atoms with E-state index in [4.69, 9.17) is 4.74 Å². The maximum absolute atomic E-state index is 5.59. The fraction of sp³-hybridized carbons (Fsp3) is 0.429. The smallest absolute Gasteiger partial charge is 0.119 e. The van der Waals surface area contributed by atoms with Gasteiger partial charge in [-0.1, -0.05) is 31.6 Å². The molecule has 0 spiro atoms. The first-order chi connectivity index (χ1) is 7.36. The van der Waals surface area contributed by atoms with Gasteiger partial charge >= 0.3 is 0 Å². The minimum absolute atomic E-state index is 0.822. The van der Waals surface area contributed by atoms with Gasteiger partial charge in [0.2, 0.25) is 0 Å². The molecule has 1 rings (SSSR count). The van der Waals surface area contributed by atoms with Crippen molar-refractivity contribution >= 4 is 0 Å². The highest BCUT2D eigenvalue weighted by atomic mass is 16.5. The Morgan fingerprint density at radius 3 is 2.60 bits per heavy atom. The van der Waals surface area contributed by atoms with E-state index in [0.29, 0.717) is 0 Å². The molecule has 82 valence electrons. The first-order valence-electron chi connectivity index (χ1n) is 5.69. The Balaban J connectivity index is 2.38. The Hall–Kier alpha value is -1.24. The van der Waals surface area contributed by atoms with Gasteiger partial charge < -0.3 is 4.74 Å². The molecule has 0 bridgehead atoms. The van der Waals surface area contributed by atoms with Crippen molar-refractivity contribution in [2.75, 3.05) is 6.61 Å². The highest BCUT2D eigenvalue weighted by Crippen LogP contribution is 2.13. The van der Waals surface area contributed by atoms with Crippen molar-refractivity contribution in [3.8, 4) is 5.75 Å². The van der Waals surface area contributed by atoms with Crippen molar-refractivity contribution in [2.45, 2.75) is 32.6 Å². The van der Waals surface area contributed by atoms with E-state index in [1.165, 1.54) is 12.0 Å². The average Bonchev–Trinajstić information content (AvgIpc) is 2.28. The molecule has 15 heavy (non-hydrogen) atoms. The van der Waals surface area contributed by atoms with Gasteiger partial charge in [-0.05, 0) is 37.0 Å². The summed E-state index contributed by atoms with van der Waals surface area (Å²) in [6.07, 6.45) is 6.36. The Morgan fingerprint density at radius 1 is 1.27 bits per heavy atom. The summed E-state index contributed by atoms with van der Waals surface area (Å²) in [5.41, 5.74) is 1.35. The summed E-state index contributed by atoms with van der Waals surface area (Å²) in [5.74, 6) is 0.978. The Bertz CT molecular complexity index is 274. The zero-order valence-electron chi connectivity index (χ0n) is 9.54. The maximum Gasteiger partial charge on any atom is 0.119 e. The molecule has 0 aliphatic heterocycles. The number of benzene rings is 1. The SMILES string of the molecule is C=CCCc1ccc(OCCCC)cc1. The molecule has 0 atom stereocenters. The van der Waals surface area contributed by atoms with Gasteiger partial charge in [0.25, 0.3) is 0 Å². The number of allylic oxidation sites excluding steroid dienone is 1. The van der Waals surface area contributed by atoms with E-state index >= 15 is 0 Å². The zero-order chi connectivity index (χ0) is 10.9. The molecule has 1 aromatic rings. The van der Waals surface area contributed by atoms with Crippen molar-refractivity contribution in [3.63, 3.8) is 0 Å². The summed E-state index contributed by atoms with van der Waals surface area (Å²) in [6.45, 7) is 6.71. The lowest BCUT2D eigenvalue weighted by Gasteiger charge is -2.05. The van der Waals surface area contributed by atoms with Gasteiger partial charge in [-0.25, -0.2) is 0 Å². The van der Waals surface area contributed by atoms with Crippen LogP contribution in [0.3, 0.4) is 0 Å². The third kappa shape index (κ3) is 4.68. The number of unbranched alkanes of at least 4 members (excludes halogenated alkanes) is 1. The van der Waals surface area contributed by atoms with Crippen LogP contribution in [0, 0.1) is 0 Å². The molecule has 0 fully saturated rings. The third-order valence-electron chi connectivity index (χ3n) is 2.33. The fourth-order valence-electron chi connectivity index (χ4n) is 1.36. The Kier molecular flexibility index (Phi) is 5.60. The highest BCUT2D eigenvalue weighted by Gasteiger charge is 1.94. The van der Waals surface area contributed by atoms with Crippen molar-refractivity contribution in [2.24, 2.45) is 0 Å². The largest absolute Gasteiger partial charge is 0.494 e. The molecule has 0 heterocycles. The van der Waals surface area contributed by atoms with E-state index < -0.39 is 0 Å². The standard InChI is InChI=1S/C14H20O/c1-3-5-7-13-8-10-14(11-9-13)15-12-6-4-2/h3,8-11H,1,4-7,12H2,2H3. The molecule has 1 aromatic carbocycles. The van der Waals surface area contributed by atoms with Crippen molar-refractivity contribution in [3.05, 3.63) is 42.5 Å². The molecule has 1 heteroatoms. The van der Waals surface area contributed by atoms with E-state index in [-0.39, 0.29) is 0 Å². The molecule has 0 saturated carbocycles. The summed E-state index contributed by atoms with van der Waals surface area (Å²) < 4.78 is 5.59. The first kappa shape index (κ1) is 11.8. The Morgan fingerprint density at radius 2 is 2.00 bits per heavy atom. The van der Waals surface area contributed by atoms with E-state index in [1.807, 2.05) is 18.2 Å². The lowest BCUT2D eigenvalue weighted by molar-refractivity contribution is 0.309. The molecule has 0 unspecified atom stereocenters. The normalized spacial score (nSPS) is 9.93. The molecule has 0 N–H and O–H groups in total. The number of ether oxygens (including phenoxy) is 1. The molecule has 0 aliphatic rings. The van der Waals surface area contributed by atoms with Crippen molar-refractivity contribution < 1.29 is 4.74 Å². The van der Waals surface area contributed by atoms with Crippen LogP contribution in [0.1, 0.15) is 31.7 Å². The van der Waals surface area contributed by atoms with Crippen LogP contribution < -0.4 is 4.74 Å². The van der Waals surface area contributed by atoms with Crippen LogP contribution >= 0.6 is 0 Å². The predicted octanol–water partition coefficient (Wildman–Crippen LogP) is 3.98. The monoisotopic (exact) mass is 204 g/mol. The second-order valence-corrected chi connectivity index (χ2v) is 3.67. The maximum atomic E-state index is 5.59. The molecular weight excluding hydrogens is 184 g/mol. The lowest BCUT2D eigenvalue weighted by Crippen LogP contribution is -1.96. The number of hydrogen-bond acceptors (Lipinski definition) is 1. The van der Waals surface area contributed by atoms with Gasteiger partial charge in [-0.15, -0.1) is 6.58 Å². The van der Waals surface area contributed by atoms with Crippen molar-refractivity contribution in [1.82, 2.24) is 0 Å². The molecule has 0 aromatic heterocycles. The molecular formula is C14H20O. The molecule has 0 aliphatic carbocycles. The van der Waals surface area contributed by atoms with E-state index in [1.54, 1.807) is 0 Å². The van der Waals surface area contributed by atoms with Gasteiger partial charge in [0.1, 0.15) is 5.75 Å². The lowest BCUT2D eigenvalue weighted by atomic mass is 10.1. The topological polar surface area (TPSA) is 9.23 Å². The molecule has 0 radical (unpaired) electrons. The van der Waals surface area contributed by atoms with Crippen LogP contribution in [0.15, 0.2) is 36.9 Å². The van der Waals surface area contributed by atoms with Crippen LogP contribution in [0.4, 0.5) is 0 Å². The summed E-state index contributed by atoms with van der Waals surface area (Å²) >= 11 is 0. The predicted molar refractivity (Wildman–Crippen MR) is 65.4 cm³/mol. The van der Waals surface area contributed by atoms with E-state index in [9.17, 15) is 0 Å². The Labute approximate surface area is 92.8 Å². The van der Waals surface area contributed by atoms with Gasteiger partial charge in [-0.3, -0.25) is 0 Å². The minimum atomic E-state index is 0.822.